The normalized spacial score (nSPS) is 15.6. The molecule has 0 aromatic heterocycles. The molecule has 0 N–H and O–H groups in total. The zero-order valence-corrected chi connectivity index (χ0v) is 10.5. The van der Waals surface area contributed by atoms with E-state index in [0.29, 0.717) is 47.0 Å². The van der Waals surface area contributed by atoms with Gasteiger partial charge in [-0.1, -0.05) is 24.3 Å². The Balaban J connectivity index is 1.97. The highest BCUT2D eigenvalue weighted by Crippen LogP contribution is 2.37. The molecule has 2 aromatic rings. The third-order valence-electron chi connectivity index (χ3n) is 3.59. The molecule has 2 aliphatic rings. The van der Waals surface area contributed by atoms with Gasteiger partial charge in [-0.2, -0.15) is 0 Å². The van der Waals surface area contributed by atoms with Crippen molar-refractivity contribution in [2.24, 2.45) is 0 Å². The second-order valence-corrected chi connectivity index (χ2v) is 4.75. The molecular weight excluding hydrogens is 256 g/mol. The zero-order valence-electron chi connectivity index (χ0n) is 10.5. The summed E-state index contributed by atoms with van der Waals surface area (Å²) >= 11 is 0. The molecule has 1 heterocycles. The molecule has 98 valence electrons. The summed E-state index contributed by atoms with van der Waals surface area (Å²) in [5.41, 5.74) is 1.67. The molecule has 2 aromatic carbocycles. The smallest absolute Gasteiger partial charge is 0.194 e. The van der Waals surface area contributed by atoms with Crippen LogP contribution in [-0.2, 0) is 0 Å². The van der Waals surface area contributed by atoms with Crippen LogP contribution in [0.4, 0.5) is 0 Å². The SMILES string of the molecule is O=C1c2ccccc2C(=O)c2cc3c(cc21)OCCO3. The number of ether oxygens (including phenoxy) is 2. The molecule has 4 rings (SSSR count). The summed E-state index contributed by atoms with van der Waals surface area (Å²) in [4.78, 5) is 25.0. The molecule has 1 aliphatic heterocycles. The molecule has 20 heavy (non-hydrogen) atoms. The van der Waals surface area contributed by atoms with Crippen LogP contribution in [0.2, 0.25) is 0 Å². The fourth-order valence-corrected chi connectivity index (χ4v) is 2.63. The lowest BCUT2D eigenvalue weighted by molar-refractivity contribution is 0.0977. The maximum Gasteiger partial charge on any atom is 0.194 e. The lowest BCUT2D eigenvalue weighted by Crippen LogP contribution is -2.23. The van der Waals surface area contributed by atoms with Crippen LogP contribution < -0.4 is 9.47 Å². The van der Waals surface area contributed by atoms with Crippen LogP contribution in [0.15, 0.2) is 36.4 Å². The molecule has 0 radical (unpaired) electrons. The van der Waals surface area contributed by atoms with E-state index in [-0.39, 0.29) is 11.6 Å². The first-order chi connectivity index (χ1) is 9.75. The molecule has 0 amide bonds. The fourth-order valence-electron chi connectivity index (χ4n) is 2.63. The van der Waals surface area contributed by atoms with Gasteiger partial charge in [0.05, 0.1) is 0 Å². The van der Waals surface area contributed by atoms with Gasteiger partial charge in [0.25, 0.3) is 0 Å². The largest absolute Gasteiger partial charge is 0.486 e. The third-order valence-corrected chi connectivity index (χ3v) is 3.59. The van der Waals surface area contributed by atoms with E-state index in [1.807, 2.05) is 0 Å². The Bertz CT molecular complexity index is 697. The minimum atomic E-state index is -0.146. The average Bonchev–Trinajstić information content (AvgIpc) is 2.51. The minimum Gasteiger partial charge on any atom is -0.486 e. The van der Waals surface area contributed by atoms with Gasteiger partial charge in [-0.05, 0) is 12.1 Å². The third kappa shape index (κ3) is 1.42. The van der Waals surface area contributed by atoms with Crippen molar-refractivity contribution in [2.45, 2.75) is 0 Å². The number of carbonyl (C=O) groups excluding carboxylic acids is 2. The number of benzene rings is 2. The number of hydrogen-bond acceptors (Lipinski definition) is 4. The van der Waals surface area contributed by atoms with Gasteiger partial charge in [0.15, 0.2) is 23.1 Å². The summed E-state index contributed by atoms with van der Waals surface area (Å²) < 4.78 is 10.9. The molecule has 1 aliphatic carbocycles. The van der Waals surface area contributed by atoms with E-state index in [4.69, 9.17) is 9.47 Å². The van der Waals surface area contributed by atoms with Crippen molar-refractivity contribution < 1.29 is 19.1 Å². The van der Waals surface area contributed by atoms with Gasteiger partial charge < -0.3 is 9.47 Å². The van der Waals surface area contributed by atoms with Crippen LogP contribution in [0.25, 0.3) is 0 Å². The van der Waals surface area contributed by atoms with Gasteiger partial charge in [0.2, 0.25) is 0 Å². The van der Waals surface area contributed by atoms with Gasteiger partial charge >= 0.3 is 0 Å². The first-order valence-corrected chi connectivity index (χ1v) is 6.38. The number of carbonyl (C=O) groups is 2. The Kier molecular flexibility index (Phi) is 2.21. The predicted octanol–water partition coefficient (Wildman–Crippen LogP) is 2.23. The summed E-state index contributed by atoms with van der Waals surface area (Å²) in [5, 5.41) is 0. The van der Waals surface area contributed by atoms with Crippen LogP contribution >= 0.6 is 0 Å². The Morgan fingerprint density at radius 3 is 1.60 bits per heavy atom. The molecule has 0 unspecified atom stereocenters. The maximum absolute atomic E-state index is 12.5. The van der Waals surface area contributed by atoms with E-state index >= 15 is 0 Å². The molecule has 0 spiro atoms. The lowest BCUT2D eigenvalue weighted by Gasteiger charge is -2.23. The van der Waals surface area contributed by atoms with Crippen molar-refractivity contribution >= 4 is 11.6 Å². The monoisotopic (exact) mass is 266 g/mol. The van der Waals surface area contributed by atoms with Gasteiger partial charge in [0.1, 0.15) is 13.2 Å². The summed E-state index contributed by atoms with van der Waals surface area (Å²) in [6, 6.07) is 10.1. The highest BCUT2D eigenvalue weighted by molar-refractivity contribution is 6.28. The van der Waals surface area contributed by atoms with Crippen LogP contribution in [0.1, 0.15) is 31.8 Å². The highest BCUT2D eigenvalue weighted by atomic mass is 16.6. The molecule has 0 atom stereocenters. The van der Waals surface area contributed by atoms with Gasteiger partial charge in [0, 0.05) is 22.3 Å². The number of hydrogen-bond donors (Lipinski definition) is 0. The molecular formula is C16H10O4. The molecule has 0 fully saturated rings. The Labute approximate surface area is 114 Å². The summed E-state index contributed by atoms with van der Waals surface area (Å²) in [6.07, 6.45) is 0. The van der Waals surface area contributed by atoms with Crippen molar-refractivity contribution in [1.29, 1.82) is 0 Å². The Morgan fingerprint density at radius 1 is 0.700 bits per heavy atom. The van der Waals surface area contributed by atoms with Crippen molar-refractivity contribution in [3.8, 4) is 11.5 Å². The maximum atomic E-state index is 12.5. The molecule has 0 saturated heterocycles. The number of ketones is 2. The van der Waals surface area contributed by atoms with Crippen molar-refractivity contribution in [2.75, 3.05) is 13.2 Å². The van der Waals surface area contributed by atoms with E-state index in [0.717, 1.165) is 0 Å². The molecule has 0 saturated carbocycles. The number of rotatable bonds is 0. The standard InChI is InChI=1S/C16H10O4/c17-15-9-3-1-2-4-10(9)16(18)12-8-14-13(7-11(12)15)19-5-6-20-14/h1-4,7-8H,5-6H2. The second-order valence-electron chi connectivity index (χ2n) is 4.75. The van der Waals surface area contributed by atoms with E-state index in [2.05, 4.69) is 0 Å². The quantitative estimate of drug-likeness (QED) is 0.626. The Morgan fingerprint density at radius 2 is 1.15 bits per heavy atom. The van der Waals surface area contributed by atoms with Crippen LogP contribution in [0, 0.1) is 0 Å². The van der Waals surface area contributed by atoms with Gasteiger partial charge in [-0.25, -0.2) is 0 Å². The van der Waals surface area contributed by atoms with Crippen LogP contribution in [0.5, 0.6) is 11.5 Å². The van der Waals surface area contributed by atoms with E-state index in [9.17, 15) is 9.59 Å². The topological polar surface area (TPSA) is 52.6 Å². The average molecular weight is 266 g/mol. The van der Waals surface area contributed by atoms with Crippen molar-refractivity contribution in [3.05, 3.63) is 58.7 Å². The summed E-state index contributed by atoms with van der Waals surface area (Å²) in [5.74, 6) is 0.755. The highest BCUT2D eigenvalue weighted by Gasteiger charge is 2.31. The van der Waals surface area contributed by atoms with E-state index in [1.54, 1.807) is 36.4 Å². The van der Waals surface area contributed by atoms with Crippen LogP contribution in [0.3, 0.4) is 0 Å². The lowest BCUT2D eigenvalue weighted by atomic mass is 9.84. The second kappa shape index (κ2) is 3.93. The van der Waals surface area contributed by atoms with Crippen molar-refractivity contribution in [3.63, 3.8) is 0 Å². The Hall–Kier alpha value is -2.62. The van der Waals surface area contributed by atoms with E-state index in [1.165, 1.54) is 0 Å². The minimum absolute atomic E-state index is 0.146. The first-order valence-electron chi connectivity index (χ1n) is 6.38. The van der Waals surface area contributed by atoms with Crippen LogP contribution in [-0.4, -0.2) is 24.8 Å². The summed E-state index contributed by atoms with van der Waals surface area (Å²) in [6.45, 7) is 0.898. The zero-order chi connectivity index (χ0) is 13.7. The predicted molar refractivity (Wildman–Crippen MR) is 70.7 cm³/mol. The number of fused-ring (bicyclic) bond motifs is 3. The fraction of sp³-hybridized carbons (Fsp3) is 0.125. The van der Waals surface area contributed by atoms with E-state index < -0.39 is 0 Å². The molecule has 4 nitrogen and oxygen atoms in total. The summed E-state index contributed by atoms with van der Waals surface area (Å²) in [7, 11) is 0. The van der Waals surface area contributed by atoms with Gasteiger partial charge in [-0.3, -0.25) is 9.59 Å². The molecule has 0 bridgehead atoms. The molecule has 4 heteroatoms. The first kappa shape index (κ1) is 11.2. The van der Waals surface area contributed by atoms with Crippen molar-refractivity contribution in [1.82, 2.24) is 0 Å². The van der Waals surface area contributed by atoms with Gasteiger partial charge in [-0.15, -0.1) is 0 Å².